The molecule has 1 aromatic carbocycles. The van der Waals surface area contributed by atoms with E-state index >= 15 is 0 Å². The molecular weight excluding hydrogens is 340 g/mol. The van der Waals surface area contributed by atoms with Gasteiger partial charge in [0.2, 0.25) is 10.0 Å². The Kier molecular flexibility index (Phi) is 6.44. The monoisotopic (exact) mass is 362 g/mol. The lowest BCUT2D eigenvalue weighted by Gasteiger charge is -2.24. The van der Waals surface area contributed by atoms with Gasteiger partial charge in [-0.2, -0.15) is 4.31 Å². The van der Waals surface area contributed by atoms with Crippen LogP contribution in [-0.2, 0) is 14.8 Å². The zero-order valence-electron chi connectivity index (χ0n) is 14.0. The first-order valence-corrected chi connectivity index (χ1v) is 8.95. The van der Waals surface area contributed by atoms with Crippen molar-refractivity contribution in [3.63, 3.8) is 0 Å². The predicted octanol–water partition coefficient (Wildman–Crippen LogP) is 2.87. The van der Waals surface area contributed by atoms with Crippen molar-refractivity contribution in [1.29, 1.82) is 0 Å². The number of halogens is 1. The van der Waals surface area contributed by atoms with Crippen molar-refractivity contribution >= 4 is 27.7 Å². The van der Waals surface area contributed by atoms with Crippen molar-refractivity contribution in [3.05, 3.63) is 29.3 Å². The fourth-order valence-corrected chi connectivity index (χ4v) is 3.21. The van der Waals surface area contributed by atoms with Crippen LogP contribution >= 0.6 is 11.6 Å². The maximum Gasteiger partial charge on any atom is 0.407 e. The number of ether oxygens (including phenoxy) is 1. The quantitative estimate of drug-likeness (QED) is 0.873. The second kappa shape index (κ2) is 7.51. The number of rotatable bonds is 5. The van der Waals surface area contributed by atoms with Crippen LogP contribution in [0, 0.1) is 0 Å². The van der Waals surface area contributed by atoms with E-state index in [4.69, 9.17) is 16.3 Å². The van der Waals surface area contributed by atoms with E-state index in [0.717, 1.165) is 0 Å². The normalized spacial score (nSPS) is 13.7. The summed E-state index contributed by atoms with van der Waals surface area (Å²) in [4.78, 5) is 11.8. The lowest BCUT2D eigenvalue weighted by molar-refractivity contribution is 0.0504. The molecule has 0 aliphatic carbocycles. The van der Waals surface area contributed by atoms with E-state index in [9.17, 15) is 13.2 Å². The highest BCUT2D eigenvalue weighted by molar-refractivity contribution is 7.89. The van der Waals surface area contributed by atoms with E-state index in [-0.39, 0.29) is 11.4 Å². The average Bonchev–Trinajstić information content (AvgIpc) is 2.36. The largest absolute Gasteiger partial charge is 0.444 e. The van der Waals surface area contributed by atoms with Crippen LogP contribution in [0.5, 0.6) is 0 Å². The predicted molar refractivity (Wildman–Crippen MR) is 90.1 cm³/mol. The summed E-state index contributed by atoms with van der Waals surface area (Å²) in [6, 6.07) is 5.52. The number of nitrogens with zero attached hydrogens (tertiary/aromatic N) is 1. The minimum Gasteiger partial charge on any atom is -0.444 e. The van der Waals surface area contributed by atoms with Crippen LogP contribution in [0.3, 0.4) is 0 Å². The molecule has 0 bridgehead atoms. The van der Waals surface area contributed by atoms with E-state index in [1.165, 1.54) is 35.6 Å². The number of benzene rings is 1. The van der Waals surface area contributed by atoms with Crippen LogP contribution in [0.2, 0.25) is 5.02 Å². The van der Waals surface area contributed by atoms with Crippen LogP contribution in [0.25, 0.3) is 0 Å². The summed E-state index contributed by atoms with van der Waals surface area (Å²) in [5.41, 5.74) is -0.606. The number of alkyl carbamates (subject to hydrolysis) is 1. The molecule has 1 atom stereocenters. The van der Waals surface area contributed by atoms with Gasteiger partial charge in [-0.15, -0.1) is 0 Å². The van der Waals surface area contributed by atoms with Gasteiger partial charge >= 0.3 is 6.09 Å². The second-order valence-corrected chi connectivity index (χ2v) is 8.77. The molecule has 0 aliphatic heterocycles. The minimum atomic E-state index is -3.64. The maximum absolute atomic E-state index is 12.4. The Morgan fingerprint density at radius 2 is 1.83 bits per heavy atom. The lowest BCUT2D eigenvalue weighted by Crippen LogP contribution is -2.44. The highest BCUT2D eigenvalue weighted by Gasteiger charge is 2.24. The van der Waals surface area contributed by atoms with Gasteiger partial charge in [0.15, 0.2) is 0 Å². The number of sulfonamides is 1. The molecule has 0 radical (unpaired) electrons. The second-order valence-electron chi connectivity index (χ2n) is 6.29. The molecule has 0 unspecified atom stereocenters. The van der Waals surface area contributed by atoms with Crippen LogP contribution in [-0.4, -0.2) is 44.1 Å². The summed E-state index contributed by atoms with van der Waals surface area (Å²) >= 11 is 5.77. The summed E-state index contributed by atoms with van der Waals surface area (Å²) in [7, 11) is -2.18. The zero-order chi connectivity index (χ0) is 17.8. The van der Waals surface area contributed by atoms with Crippen molar-refractivity contribution < 1.29 is 17.9 Å². The number of carbonyl (C=O) groups excluding carboxylic acids is 1. The molecule has 8 heteroatoms. The van der Waals surface area contributed by atoms with Crippen molar-refractivity contribution in [2.45, 2.75) is 44.2 Å². The van der Waals surface area contributed by atoms with E-state index in [2.05, 4.69) is 5.32 Å². The van der Waals surface area contributed by atoms with Gasteiger partial charge in [0.05, 0.1) is 4.90 Å². The van der Waals surface area contributed by atoms with Crippen LogP contribution in [0.1, 0.15) is 27.7 Å². The van der Waals surface area contributed by atoms with Crippen molar-refractivity contribution in [2.24, 2.45) is 0 Å². The molecule has 0 saturated heterocycles. The standard InChI is InChI=1S/C15H23ClN2O4S/c1-11(17-14(19)22-15(2,3)4)10-18(5)23(20,21)13-8-6-12(16)7-9-13/h6-9,11H,10H2,1-5H3,(H,17,19)/t11-/m1/s1. The molecule has 1 rings (SSSR count). The third-order valence-electron chi connectivity index (χ3n) is 2.82. The number of amides is 1. The molecule has 0 spiro atoms. The van der Waals surface area contributed by atoms with Crippen LogP contribution in [0.4, 0.5) is 4.79 Å². The molecule has 1 aromatic rings. The summed E-state index contributed by atoms with van der Waals surface area (Å²) < 4.78 is 31.2. The Bertz CT molecular complexity index is 638. The van der Waals surface area contributed by atoms with E-state index < -0.39 is 27.8 Å². The minimum absolute atomic E-state index is 0.115. The van der Waals surface area contributed by atoms with E-state index in [1.807, 2.05) is 0 Å². The Labute approximate surface area is 142 Å². The molecule has 0 heterocycles. The fourth-order valence-electron chi connectivity index (χ4n) is 1.82. The van der Waals surface area contributed by atoms with Gasteiger partial charge in [0, 0.05) is 24.7 Å². The SMILES string of the molecule is C[C@H](CN(C)S(=O)(=O)c1ccc(Cl)cc1)NC(=O)OC(C)(C)C. The zero-order valence-corrected chi connectivity index (χ0v) is 15.5. The van der Waals surface area contributed by atoms with Gasteiger partial charge in [-0.25, -0.2) is 13.2 Å². The summed E-state index contributed by atoms with van der Waals surface area (Å²) in [5, 5.41) is 3.08. The van der Waals surface area contributed by atoms with Gasteiger partial charge in [0.25, 0.3) is 0 Å². The molecule has 0 saturated carbocycles. The number of hydrogen-bond donors (Lipinski definition) is 1. The summed E-state index contributed by atoms with van der Waals surface area (Å²) in [6.45, 7) is 7.10. The topological polar surface area (TPSA) is 75.7 Å². The molecule has 130 valence electrons. The molecule has 1 N–H and O–H groups in total. The molecule has 0 aromatic heterocycles. The Balaban J connectivity index is 2.69. The first-order valence-electron chi connectivity index (χ1n) is 7.13. The van der Waals surface area contributed by atoms with Crippen LogP contribution in [0.15, 0.2) is 29.2 Å². The number of nitrogens with one attached hydrogen (secondary N) is 1. The summed E-state index contributed by atoms with van der Waals surface area (Å²) in [6.07, 6.45) is -0.581. The Hall–Kier alpha value is -1.31. The molecule has 23 heavy (non-hydrogen) atoms. The van der Waals surface area contributed by atoms with Gasteiger partial charge in [-0.3, -0.25) is 0 Å². The number of hydrogen-bond acceptors (Lipinski definition) is 4. The summed E-state index contributed by atoms with van der Waals surface area (Å²) in [5.74, 6) is 0. The average molecular weight is 363 g/mol. The van der Waals surface area contributed by atoms with Crippen molar-refractivity contribution in [3.8, 4) is 0 Å². The Morgan fingerprint density at radius 3 is 2.30 bits per heavy atom. The Morgan fingerprint density at radius 1 is 1.30 bits per heavy atom. The fraction of sp³-hybridized carbons (Fsp3) is 0.533. The molecule has 0 fully saturated rings. The third kappa shape index (κ3) is 6.37. The van der Waals surface area contributed by atoms with Gasteiger partial charge < -0.3 is 10.1 Å². The molecule has 6 nitrogen and oxygen atoms in total. The highest BCUT2D eigenvalue weighted by Crippen LogP contribution is 2.17. The van der Waals surface area contributed by atoms with Gasteiger partial charge in [-0.05, 0) is 52.0 Å². The third-order valence-corrected chi connectivity index (χ3v) is 4.91. The lowest BCUT2D eigenvalue weighted by atomic mass is 10.2. The van der Waals surface area contributed by atoms with Crippen molar-refractivity contribution in [2.75, 3.05) is 13.6 Å². The highest BCUT2D eigenvalue weighted by atomic mass is 35.5. The van der Waals surface area contributed by atoms with Gasteiger partial charge in [0.1, 0.15) is 5.60 Å². The molecule has 0 aliphatic rings. The van der Waals surface area contributed by atoms with Crippen molar-refractivity contribution in [1.82, 2.24) is 9.62 Å². The molecule has 1 amide bonds. The molecular formula is C15H23ClN2O4S. The first-order chi connectivity index (χ1) is 10.4. The van der Waals surface area contributed by atoms with E-state index in [1.54, 1.807) is 27.7 Å². The maximum atomic E-state index is 12.4. The van der Waals surface area contributed by atoms with E-state index in [0.29, 0.717) is 5.02 Å². The smallest absolute Gasteiger partial charge is 0.407 e. The van der Waals surface area contributed by atoms with Gasteiger partial charge in [-0.1, -0.05) is 11.6 Å². The van der Waals surface area contributed by atoms with Crippen LogP contribution < -0.4 is 5.32 Å². The number of likely N-dealkylation sites (N-methyl/N-ethyl adjacent to an activating group) is 1. The first kappa shape index (κ1) is 19.7. The number of carbonyl (C=O) groups is 1.